The largest absolute Gasteiger partial charge is 0.478 e. The summed E-state index contributed by atoms with van der Waals surface area (Å²) in [5.41, 5.74) is 0.501. The third kappa shape index (κ3) is 2.33. The maximum Gasteiger partial charge on any atom is 0.335 e. The topological polar surface area (TPSA) is 87.6 Å². The van der Waals surface area contributed by atoms with Crippen LogP contribution in [0.2, 0.25) is 0 Å². The minimum Gasteiger partial charge on any atom is -0.478 e. The first-order valence-corrected chi connectivity index (χ1v) is 6.76. The number of carboxylic acid groups (broad SMARTS) is 1. The van der Waals surface area contributed by atoms with Crippen LogP contribution in [-0.2, 0) is 16.1 Å². The molecule has 6 heteroatoms. The van der Waals surface area contributed by atoms with E-state index in [9.17, 15) is 14.4 Å². The number of likely N-dealkylation sites (tertiary alicyclic amines) is 1. The Morgan fingerprint density at radius 1 is 1.24 bits per heavy atom. The molecule has 6 nitrogen and oxygen atoms in total. The van der Waals surface area contributed by atoms with Crippen LogP contribution < -0.4 is 0 Å². The molecule has 2 atom stereocenters. The molecule has 108 valence electrons. The van der Waals surface area contributed by atoms with Gasteiger partial charge in [0.15, 0.2) is 0 Å². The zero-order valence-corrected chi connectivity index (χ0v) is 11.2. The van der Waals surface area contributed by atoms with Crippen LogP contribution in [0.25, 0.3) is 0 Å². The molecule has 1 aliphatic heterocycles. The SMILES string of the molecule is O=C(O)c1ccnc(CN2C(=O)[C@H]3CC=CC[C@H]3C2=O)c1. The van der Waals surface area contributed by atoms with Gasteiger partial charge in [-0.05, 0) is 25.0 Å². The minimum atomic E-state index is -1.06. The lowest BCUT2D eigenvalue weighted by atomic mass is 9.85. The molecule has 0 spiro atoms. The molecule has 2 aliphatic rings. The van der Waals surface area contributed by atoms with Crippen LogP contribution in [-0.4, -0.2) is 32.8 Å². The van der Waals surface area contributed by atoms with E-state index in [1.807, 2.05) is 12.2 Å². The molecule has 1 aliphatic carbocycles. The van der Waals surface area contributed by atoms with E-state index in [0.717, 1.165) is 0 Å². The van der Waals surface area contributed by atoms with Gasteiger partial charge in [-0.15, -0.1) is 0 Å². The Kier molecular flexibility index (Phi) is 3.29. The molecule has 0 radical (unpaired) electrons. The standard InChI is InChI=1S/C15H14N2O4/c18-13-11-3-1-2-4-12(11)14(19)17(13)8-10-7-9(15(20)21)5-6-16-10/h1-2,5-7,11-12H,3-4,8H2,(H,20,21)/t11-,12+. The highest BCUT2D eigenvalue weighted by Crippen LogP contribution is 2.35. The molecule has 1 aromatic heterocycles. The fraction of sp³-hybridized carbons (Fsp3) is 0.333. The Morgan fingerprint density at radius 3 is 2.43 bits per heavy atom. The van der Waals surface area contributed by atoms with E-state index in [1.54, 1.807) is 0 Å². The summed E-state index contributed by atoms with van der Waals surface area (Å²) in [6.07, 6.45) is 6.42. The zero-order valence-electron chi connectivity index (χ0n) is 11.2. The predicted molar refractivity (Wildman–Crippen MR) is 72.1 cm³/mol. The monoisotopic (exact) mass is 286 g/mol. The van der Waals surface area contributed by atoms with Gasteiger partial charge in [0.25, 0.3) is 0 Å². The number of fused-ring (bicyclic) bond motifs is 1. The van der Waals surface area contributed by atoms with Gasteiger partial charge in [-0.2, -0.15) is 0 Å². The summed E-state index contributed by atoms with van der Waals surface area (Å²) < 4.78 is 0. The number of amides is 2. The van der Waals surface area contributed by atoms with Crippen molar-refractivity contribution in [3.05, 3.63) is 41.7 Å². The van der Waals surface area contributed by atoms with Crippen molar-refractivity contribution in [2.45, 2.75) is 19.4 Å². The average molecular weight is 286 g/mol. The van der Waals surface area contributed by atoms with E-state index in [-0.39, 0.29) is 35.8 Å². The summed E-state index contributed by atoms with van der Waals surface area (Å²) in [6.45, 7) is 0.0335. The van der Waals surface area contributed by atoms with Crippen molar-refractivity contribution in [2.75, 3.05) is 0 Å². The molecule has 0 aromatic carbocycles. The molecule has 2 heterocycles. The van der Waals surface area contributed by atoms with Crippen molar-refractivity contribution in [1.29, 1.82) is 0 Å². The first-order chi connectivity index (χ1) is 10.1. The number of imide groups is 1. The molecule has 0 unspecified atom stereocenters. The van der Waals surface area contributed by atoms with Gasteiger partial charge in [0.1, 0.15) is 0 Å². The Balaban J connectivity index is 1.82. The smallest absolute Gasteiger partial charge is 0.335 e. The second-order valence-corrected chi connectivity index (χ2v) is 5.26. The van der Waals surface area contributed by atoms with Crippen LogP contribution in [0.5, 0.6) is 0 Å². The van der Waals surface area contributed by atoms with Crippen molar-refractivity contribution in [3.63, 3.8) is 0 Å². The maximum absolute atomic E-state index is 12.3. The summed E-state index contributed by atoms with van der Waals surface area (Å²) in [7, 11) is 0. The van der Waals surface area contributed by atoms with E-state index < -0.39 is 5.97 Å². The van der Waals surface area contributed by atoms with E-state index in [2.05, 4.69) is 4.98 Å². The molecule has 2 amide bonds. The Hall–Kier alpha value is -2.50. The van der Waals surface area contributed by atoms with Crippen molar-refractivity contribution < 1.29 is 19.5 Å². The second-order valence-electron chi connectivity index (χ2n) is 5.26. The Morgan fingerprint density at radius 2 is 1.86 bits per heavy atom. The Bertz CT molecular complexity index is 627. The molecule has 1 N–H and O–H groups in total. The molecule has 21 heavy (non-hydrogen) atoms. The highest BCUT2D eigenvalue weighted by molar-refractivity contribution is 6.05. The molecule has 1 saturated heterocycles. The van der Waals surface area contributed by atoms with E-state index in [4.69, 9.17) is 5.11 Å². The number of carbonyl (C=O) groups is 3. The molecule has 0 bridgehead atoms. The lowest BCUT2D eigenvalue weighted by Crippen LogP contribution is -2.31. The van der Waals surface area contributed by atoms with E-state index in [1.165, 1.54) is 23.2 Å². The van der Waals surface area contributed by atoms with Crippen LogP contribution in [0.1, 0.15) is 28.9 Å². The molecule has 1 fully saturated rings. The van der Waals surface area contributed by atoms with Crippen molar-refractivity contribution >= 4 is 17.8 Å². The fourth-order valence-electron chi connectivity index (χ4n) is 2.88. The fourth-order valence-corrected chi connectivity index (χ4v) is 2.88. The van der Waals surface area contributed by atoms with Crippen molar-refractivity contribution in [3.8, 4) is 0 Å². The van der Waals surface area contributed by atoms with Crippen molar-refractivity contribution in [1.82, 2.24) is 9.88 Å². The highest BCUT2D eigenvalue weighted by Gasteiger charge is 2.47. The van der Waals surface area contributed by atoms with E-state index in [0.29, 0.717) is 18.5 Å². The predicted octanol–water partition coefficient (Wildman–Crippen LogP) is 1.23. The van der Waals surface area contributed by atoms with Gasteiger partial charge in [0.2, 0.25) is 11.8 Å². The molecular formula is C15H14N2O4. The number of aromatic nitrogens is 1. The number of hydrogen-bond donors (Lipinski definition) is 1. The quantitative estimate of drug-likeness (QED) is 0.667. The maximum atomic E-state index is 12.3. The van der Waals surface area contributed by atoms with Crippen LogP contribution in [0.3, 0.4) is 0 Å². The van der Waals surface area contributed by atoms with Gasteiger partial charge in [-0.3, -0.25) is 19.5 Å². The number of carboxylic acids is 1. The summed E-state index contributed by atoms with van der Waals surface area (Å²) in [5.74, 6) is -1.97. The molecule has 1 aromatic rings. The third-order valence-corrected chi connectivity index (χ3v) is 3.98. The van der Waals surface area contributed by atoms with Gasteiger partial charge < -0.3 is 5.11 Å². The number of allylic oxidation sites excluding steroid dienone is 2. The third-order valence-electron chi connectivity index (χ3n) is 3.98. The van der Waals surface area contributed by atoms with E-state index >= 15 is 0 Å². The second kappa shape index (κ2) is 5.12. The highest BCUT2D eigenvalue weighted by atomic mass is 16.4. The number of aromatic carboxylic acids is 1. The average Bonchev–Trinajstić information content (AvgIpc) is 2.73. The summed E-state index contributed by atoms with van der Waals surface area (Å²) in [6, 6.07) is 2.77. The van der Waals surface area contributed by atoms with Crippen molar-refractivity contribution in [2.24, 2.45) is 11.8 Å². The lowest BCUT2D eigenvalue weighted by molar-refractivity contribution is -0.140. The number of nitrogens with zero attached hydrogens (tertiary/aromatic N) is 2. The van der Waals surface area contributed by atoms with Crippen LogP contribution >= 0.6 is 0 Å². The first kappa shape index (κ1) is 13.5. The number of pyridine rings is 1. The number of rotatable bonds is 3. The number of carbonyl (C=O) groups excluding carboxylic acids is 2. The van der Waals surface area contributed by atoms with Gasteiger partial charge in [-0.1, -0.05) is 12.2 Å². The lowest BCUT2D eigenvalue weighted by Gasteiger charge is -2.14. The zero-order chi connectivity index (χ0) is 15.0. The van der Waals surface area contributed by atoms with Crippen LogP contribution in [0.4, 0.5) is 0 Å². The minimum absolute atomic E-state index is 0.0335. The van der Waals surface area contributed by atoms with Crippen LogP contribution in [0.15, 0.2) is 30.5 Å². The van der Waals surface area contributed by atoms with Gasteiger partial charge >= 0.3 is 5.97 Å². The summed E-state index contributed by atoms with van der Waals surface area (Å²) in [4.78, 5) is 40.8. The summed E-state index contributed by atoms with van der Waals surface area (Å²) in [5, 5.41) is 8.96. The first-order valence-electron chi connectivity index (χ1n) is 6.76. The van der Waals surface area contributed by atoms with Crippen LogP contribution in [0, 0.1) is 11.8 Å². The summed E-state index contributed by atoms with van der Waals surface area (Å²) >= 11 is 0. The van der Waals surface area contributed by atoms with Gasteiger partial charge in [0, 0.05) is 6.20 Å². The molecular weight excluding hydrogens is 272 g/mol. The van der Waals surface area contributed by atoms with Gasteiger partial charge in [-0.25, -0.2) is 4.79 Å². The molecule has 3 rings (SSSR count). The molecule has 0 saturated carbocycles. The normalized spacial score (nSPS) is 24.3. The van der Waals surface area contributed by atoms with Gasteiger partial charge in [0.05, 0.1) is 29.6 Å². The Labute approximate surface area is 121 Å². The number of hydrogen-bond acceptors (Lipinski definition) is 4.